The summed E-state index contributed by atoms with van der Waals surface area (Å²) in [5.41, 5.74) is 1.03. The number of anilines is 1. The standard InChI is InChI=1S/C10H9N7O2S/c18-20(19,10-4-5-11-13-10)14-8-2-1-3-9(6-8)17-7-12-15-16-17/h1-7,14H,(H,11,13). The molecule has 0 unspecified atom stereocenters. The second-order valence-corrected chi connectivity index (χ2v) is 5.48. The lowest BCUT2D eigenvalue weighted by molar-refractivity contribution is 0.597. The van der Waals surface area contributed by atoms with E-state index in [0.717, 1.165) is 0 Å². The molecule has 10 heteroatoms. The smallest absolute Gasteiger partial charge is 0.278 e. The van der Waals surface area contributed by atoms with E-state index >= 15 is 0 Å². The molecule has 0 aliphatic heterocycles. The molecule has 0 atom stereocenters. The second kappa shape index (κ2) is 4.74. The number of nitrogens with zero attached hydrogens (tertiary/aromatic N) is 5. The van der Waals surface area contributed by atoms with Crippen molar-refractivity contribution in [2.45, 2.75) is 5.03 Å². The van der Waals surface area contributed by atoms with Gasteiger partial charge in [-0.1, -0.05) is 6.07 Å². The van der Waals surface area contributed by atoms with Crippen molar-refractivity contribution in [2.75, 3.05) is 4.72 Å². The van der Waals surface area contributed by atoms with Gasteiger partial charge < -0.3 is 0 Å². The summed E-state index contributed by atoms with van der Waals surface area (Å²) < 4.78 is 27.9. The van der Waals surface area contributed by atoms with Gasteiger partial charge in [-0.15, -0.1) is 5.10 Å². The molecule has 2 aromatic heterocycles. The highest BCUT2D eigenvalue weighted by atomic mass is 32.2. The number of tetrazole rings is 1. The summed E-state index contributed by atoms with van der Waals surface area (Å²) in [6.45, 7) is 0. The molecule has 2 heterocycles. The van der Waals surface area contributed by atoms with Crippen molar-refractivity contribution in [1.82, 2.24) is 30.4 Å². The summed E-state index contributed by atoms with van der Waals surface area (Å²) in [4.78, 5) is 0. The zero-order valence-corrected chi connectivity index (χ0v) is 10.8. The summed E-state index contributed by atoms with van der Waals surface area (Å²) in [6, 6.07) is 8.06. The molecule has 0 radical (unpaired) electrons. The first-order valence-electron chi connectivity index (χ1n) is 5.51. The van der Waals surface area contributed by atoms with Crippen LogP contribution in [0.1, 0.15) is 0 Å². The van der Waals surface area contributed by atoms with E-state index in [-0.39, 0.29) is 5.03 Å². The van der Waals surface area contributed by atoms with Gasteiger partial charge in [0.15, 0.2) is 5.03 Å². The Bertz CT molecular complexity index is 796. The Labute approximate surface area is 113 Å². The van der Waals surface area contributed by atoms with Gasteiger partial charge in [-0.2, -0.15) is 13.5 Å². The minimum atomic E-state index is -3.68. The predicted molar refractivity (Wildman–Crippen MR) is 68.6 cm³/mol. The van der Waals surface area contributed by atoms with Crippen molar-refractivity contribution >= 4 is 15.7 Å². The number of hydrogen-bond donors (Lipinski definition) is 2. The predicted octanol–water partition coefficient (Wildman–Crippen LogP) is 0.186. The van der Waals surface area contributed by atoms with Crippen LogP contribution in [-0.4, -0.2) is 38.8 Å². The molecular weight excluding hydrogens is 282 g/mol. The Morgan fingerprint density at radius 1 is 1.25 bits per heavy atom. The van der Waals surface area contributed by atoms with Crippen molar-refractivity contribution in [1.29, 1.82) is 0 Å². The summed E-state index contributed by atoms with van der Waals surface area (Å²) >= 11 is 0. The van der Waals surface area contributed by atoms with E-state index in [0.29, 0.717) is 11.4 Å². The molecule has 9 nitrogen and oxygen atoms in total. The quantitative estimate of drug-likeness (QED) is 0.708. The van der Waals surface area contributed by atoms with E-state index in [1.54, 1.807) is 24.3 Å². The van der Waals surface area contributed by atoms with Gasteiger partial charge in [0.05, 0.1) is 17.6 Å². The average Bonchev–Trinajstić information content (AvgIpc) is 3.12. The van der Waals surface area contributed by atoms with Gasteiger partial charge in [0.2, 0.25) is 0 Å². The van der Waals surface area contributed by atoms with Crippen LogP contribution in [0.25, 0.3) is 5.69 Å². The lowest BCUT2D eigenvalue weighted by Gasteiger charge is -2.07. The summed E-state index contributed by atoms with van der Waals surface area (Å²) in [5.74, 6) is 0. The molecule has 0 fully saturated rings. The topological polar surface area (TPSA) is 118 Å². The molecule has 2 N–H and O–H groups in total. The molecule has 102 valence electrons. The first-order chi connectivity index (χ1) is 9.65. The van der Waals surface area contributed by atoms with Crippen LogP contribution >= 0.6 is 0 Å². The minimum absolute atomic E-state index is 0.00896. The molecule has 0 aliphatic rings. The van der Waals surface area contributed by atoms with E-state index in [4.69, 9.17) is 0 Å². The molecule has 0 amide bonds. The van der Waals surface area contributed by atoms with E-state index < -0.39 is 10.0 Å². The Hall–Kier alpha value is -2.75. The summed E-state index contributed by atoms with van der Waals surface area (Å²) in [6.07, 6.45) is 2.79. The van der Waals surface area contributed by atoms with Gasteiger partial charge in [0.1, 0.15) is 6.33 Å². The number of sulfonamides is 1. The number of benzene rings is 1. The molecule has 0 saturated heterocycles. The first-order valence-corrected chi connectivity index (χ1v) is 6.99. The van der Waals surface area contributed by atoms with Gasteiger partial charge in [-0.3, -0.25) is 9.82 Å². The Kier molecular flexibility index (Phi) is 2.91. The number of hydrogen-bond acceptors (Lipinski definition) is 6. The van der Waals surface area contributed by atoms with Gasteiger partial charge >= 0.3 is 0 Å². The lowest BCUT2D eigenvalue weighted by Crippen LogP contribution is -2.13. The van der Waals surface area contributed by atoms with Gasteiger partial charge in [0.25, 0.3) is 10.0 Å². The maximum Gasteiger partial charge on any atom is 0.278 e. The zero-order chi connectivity index (χ0) is 14.0. The fourth-order valence-corrected chi connectivity index (χ4v) is 2.55. The van der Waals surface area contributed by atoms with E-state index in [1.807, 2.05) is 0 Å². The fraction of sp³-hybridized carbons (Fsp3) is 0. The number of aromatic amines is 1. The fourth-order valence-electron chi connectivity index (χ4n) is 1.59. The van der Waals surface area contributed by atoms with Crippen LogP contribution in [0.4, 0.5) is 5.69 Å². The number of rotatable bonds is 4. The normalized spacial score (nSPS) is 11.4. The van der Waals surface area contributed by atoms with Gasteiger partial charge in [-0.25, -0.2) is 4.68 Å². The molecule has 0 aliphatic carbocycles. The lowest BCUT2D eigenvalue weighted by atomic mass is 10.3. The van der Waals surface area contributed by atoms with E-state index in [2.05, 4.69) is 30.4 Å². The van der Waals surface area contributed by atoms with Crippen LogP contribution in [0.5, 0.6) is 0 Å². The molecular formula is C10H9N7O2S. The number of aromatic nitrogens is 6. The highest BCUT2D eigenvalue weighted by Gasteiger charge is 2.15. The van der Waals surface area contributed by atoms with Crippen LogP contribution in [0.2, 0.25) is 0 Å². The molecule has 3 rings (SSSR count). The largest absolute Gasteiger partial charge is 0.278 e. The maximum absolute atomic E-state index is 12.0. The monoisotopic (exact) mass is 291 g/mol. The van der Waals surface area contributed by atoms with E-state index in [1.165, 1.54) is 23.3 Å². The first kappa shape index (κ1) is 12.3. The second-order valence-electron chi connectivity index (χ2n) is 3.83. The van der Waals surface area contributed by atoms with Crippen molar-refractivity contribution in [3.05, 3.63) is 42.9 Å². The zero-order valence-electron chi connectivity index (χ0n) is 10.0. The molecule has 3 aromatic rings. The van der Waals surface area contributed by atoms with Crippen LogP contribution in [0.3, 0.4) is 0 Å². The third kappa shape index (κ3) is 2.36. The number of nitrogens with one attached hydrogen (secondary N) is 2. The Morgan fingerprint density at radius 2 is 2.15 bits per heavy atom. The third-order valence-electron chi connectivity index (χ3n) is 2.48. The molecule has 0 bridgehead atoms. The highest BCUT2D eigenvalue weighted by Crippen LogP contribution is 2.17. The average molecular weight is 291 g/mol. The van der Waals surface area contributed by atoms with Crippen LogP contribution in [0.15, 0.2) is 47.9 Å². The van der Waals surface area contributed by atoms with Crippen molar-refractivity contribution in [3.8, 4) is 5.69 Å². The molecule has 0 spiro atoms. The van der Waals surface area contributed by atoms with Crippen molar-refractivity contribution < 1.29 is 8.42 Å². The van der Waals surface area contributed by atoms with Crippen LogP contribution in [-0.2, 0) is 10.0 Å². The molecule has 0 saturated carbocycles. The van der Waals surface area contributed by atoms with Crippen LogP contribution < -0.4 is 4.72 Å². The highest BCUT2D eigenvalue weighted by molar-refractivity contribution is 7.92. The summed E-state index contributed by atoms with van der Waals surface area (Å²) in [7, 11) is -3.68. The van der Waals surface area contributed by atoms with E-state index in [9.17, 15) is 8.42 Å². The van der Waals surface area contributed by atoms with Crippen molar-refractivity contribution in [2.24, 2.45) is 0 Å². The maximum atomic E-state index is 12.0. The van der Waals surface area contributed by atoms with Crippen LogP contribution in [0, 0.1) is 0 Å². The molecule has 20 heavy (non-hydrogen) atoms. The van der Waals surface area contributed by atoms with Gasteiger partial charge in [-0.05, 0) is 34.7 Å². The minimum Gasteiger partial charge on any atom is -0.278 e. The van der Waals surface area contributed by atoms with Crippen molar-refractivity contribution in [3.63, 3.8) is 0 Å². The van der Waals surface area contributed by atoms with Gasteiger partial charge in [0, 0.05) is 0 Å². The SMILES string of the molecule is O=S(=O)(Nc1cccc(-n2cnnn2)c1)c1ccn[nH]1. The third-order valence-corrected chi connectivity index (χ3v) is 3.79. The summed E-state index contributed by atoms with van der Waals surface area (Å²) in [5, 5.41) is 16.8. The molecule has 1 aromatic carbocycles. The Morgan fingerprint density at radius 3 is 2.85 bits per heavy atom. The number of H-pyrrole nitrogens is 1. The Balaban J connectivity index is 1.91.